The van der Waals surface area contributed by atoms with Crippen molar-refractivity contribution >= 4 is 17.4 Å². The molecule has 208 valence electrons. The molecule has 0 unspecified atom stereocenters. The van der Waals surface area contributed by atoms with Crippen molar-refractivity contribution in [3.63, 3.8) is 0 Å². The van der Waals surface area contributed by atoms with Crippen molar-refractivity contribution in [1.82, 2.24) is 19.9 Å². The first-order valence-electron chi connectivity index (χ1n) is 13.4. The second kappa shape index (κ2) is 12.8. The van der Waals surface area contributed by atoms with Crippen LogP contribution in [0.2, 0.25) is 5.02 Å². The number of rotatable bonds is 11. The zero-order valence-electron chi connectivity index (χ0n) is 22.2. The van der Waals surface area contributed by atoms with Gasteiger partial charge in [-0.3, -0.25) is 9.78 Å². The van der Waals surface area contributed by atoms with Crippen molar-refractivity contribution in [3.8, 4) is 28.7 Å². The Kier molecular flexibility index (Phi) is 9.43. The van der Waals surface area contributed by atoms with E-state index < -0.39 is 23.3 Å². The number of halogens is 3. The Balaban J connectivity index is 1.54. The summed E-state index contributed by atoms with van der Waals surface area (Å²) in [5.41, 5.74) is -0.443. The molecular weight excluding hydrogens is 526 g/mol. The number of pyridine rings is 1. The van der Waals surface area contributed by atoms with Crippen molar-refractivity contribution in [2.45, 2.75) is 84.2 Å². The zero-order valence-corrected chi connectivity index (χ0v) is 22.9. The SMILES string of the molecule is CCC[C@@H](C)Oc1ccc(-c2nc(-c3cc(CCC(=O)C4(C(F)F)CCCCC4)ccc3Cl)[nH]c(=O)n2)cn1. The lowest BCUT2D eigenvalue weighted by Crippen LogP contribution is -2.40. The molecule has 0 aliphatic heterocycles. The van der Waals surface area contributed by atoms with Crippen molar-refractivity contribution in [2.24, 2.45) is 5.41 Å². The molecule has 0 amide bonds. The fourth-order valence-corrected chi connectivity index (χ4v) is 5.32. The van der Waals surface area contributed by atoms with E-state index in [1.165, 1.54) is 0 Å². The molecule has 0 bridgehead atoms. The van der Waals surface area contributed by atoms with Gasteiger partial charge in [0.1, 0.15) is 11.6 Å². The lowest BCUT2D eigenvalue weighted by molar-refractivity contribution is -0.142. The van der Waals surface area contributed by atoms with Gasteiger partial charge in [0.05, 0.1) is 16.5 Å². The van der Waals surface area contributed by atoms with Crippen LogP contribution in [0, 0.1) is 5.41 Å². The molecule has 4 rings (SSSR count). The third-order valence-electron chi connectivity index (χ3n) is 7.31. The van der Waals surface area contributed by atoms with Crippen LogP contribution in [-0.2, 0) is 11.2 Å². The molecular formula is C29H33ClF2N4O3. The van der Waals surface area contributed by atoms with Gasteiger partial charge in [-0.2, -0.15) is 4.98 Å². The smallest absolute Gasteiger partial charge is 0.348 e. The first-order chi connectivity index (χ1) is 18.7. The largest absolute Gasteiger partial charge is 0.475 e. The number of carbonyl (C=O) groups excluding carboxylic acids is 1. The highest BCUT2D eigenvalue weighted by molar-refractivity contribution is 6.33. The van der Waals surface area contributed by atoms with Gasteiger partial charge < -0.3 is 4.74 Å². The highest BCUT2D eigenvalue weighted by Crippen LogP contribution is 2.43. The highest BCUT2D eigenvalue weighted by Gasteiger charge is 2.46. The lowest BCUT2D eigenvalue weighted by Gasteiger charge is -2.35. The number of Topliss-reactive ketones (excluding diaryl/α,β-unsaturated/α-hetero) is 1. The van der Waals surface area contributed by atoms with Crippen molar-refractivity contribution < 1.29 is 18.3 Å². The quantitative estimate of drug-likeness (QED) is 0.277. The van der Waals surface area contributed by atoms with E-state index in [1.54, 1.807) is 36.5 Å². The van der Waals surface area contributed by atoms with Gasteiger partial charge in [-0.05, 0) is 56.4 Å². The van der Waals surface area contributed by atoms with Gasteiger partial charge >= 0.3 is 5.69 Å². The molecule has 3 aromatic rings. The Labute approximate surface area is 231 Å². The summed E-state index contributed by atoms with van der Waals surface area (Å²) in [5.74, 6) is 0.450. The second-order valence-electron chi connectivity index (χ2n) is 10.2. The molecule has 1 saturated carbocycles. The fourth-order valence-electron chi connectivity index (χ4n) is 5.11. The average Bonchev–Trinajstić information content (AvgIpc) is 2.93. The molecule has 1 aliphatic carbocycles. The number of aromatic nitrogens is 4. The Bertz CT molecular complexity index is 1340. The summed E-state index contributed by atoms with van der Waals surface area (Å²) in [6, 6.07) is 8.54. The number of ketones is 1. The summed E-state index contributed by atoms with van der Waals surface area (Å²) in [6.45, 7) is 4.06. The van der Waals surface area contributed by atoms with Gasteiger partial charge in [-0.15, -0.1) is 0 Å². The molecule has 2 aromatic heterocycles. The number of carbonyl (C=O) groups is 1. The van der Waals surface area contributed by atoms with Crippen LogP contribution in [0.15, 0.2) is 41.3 Å². The molecule has 10 heteroatoms. The highest BCUT2D eigenvalue weighted by atomic mass is 35.5. The molecule has 1 aromatic carbocycles. The van der Waals surface area contributed by atoms with Gasteiger partial charge in [0, 0.05) is 29.8 Å². The van der Waals surface area contributed by atoms with Crippen LogP contribution in [0.5, 0.6) is 5.88 Å². The minimum atomic E-state index is -2.66. The van der Waals surface area contributed by atoms with Gasteiger partial charge in [0.2, 0.25) is 5.88 Å². The van der Waals surface area contributed by atoms with Gasteiger partial charge in [-0.25, -0.2) is 23.5 Å². The molecule has 0 saturated heterocycles. The zero-order chi connectivity index (χ0) is 28.0. The Morgan fingerprint density at radius 1 is 1.15 bits per heavy atom. The van der Waals surface area contributed by atoms with Crippen LogP contribution >= 0.6 is 11.6 Å². The van der Waals surface area contributed by atoms with Gasteiger partial charge in [0.15, 0.2) is 5.82 Å². The predicted molar refractivity (Wildman–Crippen MR) is 146 cm³/mol. The Morgan fingerprint density at radius 3 is 2.59 bits per heavy atom. The molecule has 1 N–H and O–H groups in total. The molecule has 1 fully saturated rings. The number of nitrogens with zero attached hydrogens (tertiary/aromatic N) is 3. The molecule has 0 radical (unpaired) electrons. The fraction of sp³-hybridized carbons (Fsp3) is 0.483. The third-order valence-corrected chi connectivity index (χ3v) is 7.64. The van der Waals surface area contributed by atoms with E-state index in [-0.39, 0.29) is 43.4 Å². The van der Waals surface area contributed by atoms with Crippen LogP contribution in [0.1, 0.15) is 70.8 Å². The average molecular weight is 559 g/mol. The maximum atomic E-state index is 13.9. The number of benzene rings is 1. The predicted octanol–water partition coefficient (Wildman–Crippen LogP) is 6.83. The van der Waals surface area contributed by atoms with Gasteiger partial charge in [-0.1, -0.05) is 50.3 Å². The number of aryl methyl sites for hydroxylation is 1. The molecule has 39 heavy (non-hydrogen) atoms. The molecule has 7 nitrogen and oxygen atoms in total. The Hall–Kier alpha value is -3.20. The monoisotopic (exact) mass is 558 g/mol. The van der Waals surface area contributed by atoms with Crippen LogP contribution in [0.3, 0.4) is 0 Å². The first-order valence-corrected chi connectivity index (χ1v) is 13.8. The molecule has 1 atom stereocenters. The maximum Gasteiger partial charge on any atom is 0.348 e. The molecule has 1 aliphatic rings. The van der Waals surface area contributed by atoms with E-state index >= 15 is 0 Å². The number of H-pyrrole nitrogens is 1. The third kappa shape index (κ3) is 6.87. The van der Waals surface area contributed by atoms with E-state index in [0.29, 0.717) is 34.9 Å². The number of alkyl halides is 2. The van der Waals surface area contributed by atoms with Crippen LogP contribution in [-0.4, -0.2) is 38.2 Å². The lowest BCUT2D eigenvalue weighted by atomic mass is 9.70. The summed E-state index contributed by atoms with van der Waals surface area (Å²) in [4.78, 5) is 40.8. The summed E-state index contributed by atoms with van der Waals surface area (Å²) < 4.78 is 33.6. The number of hydrogen-bond donors (Lipinski definition) is 1. The standard InChI is InChI=1S/C29H33ClF2N4O3/c1-3-7-18(2)39-24-13-10-20(17-33-24)25-34-26(36-28(38)35-25)21-16-19(8-11-22(21)30)9-12-23(37)29(27(31)32)14-5-4-6-15-29/h8,10-11,13,16-18,27H,3-7,9,12,14-15H2,1-2H3,(H,34,35,36,38)/t18-/m1/s1. The summed E-state index contributed by atoms with van der Waals surface area (Å²) >= 11 is 6.45. The molecule has 2 heterocycles. The molecule has 0 spiro atoms. The number of hydrogen-bond acceptors (Lipinski definition) is 6. The minimum Gasteiger partial charge on any atom is -0.475 e. The summed E-state index contributed by atoms with van der Waals surface area (Å²) in [5, 5.41) is 0.341. The van der Waals surface area contributed by atoms with E-state index in [9.17, 15) is 18.4 Å². The van der Waals surface area contributed by atoms with E-state index in [2.05, 4.69) is 26.9 Å². The van der Waals surface area contributed by atoms with Crippen LogP contribution in [0.4, 0.5) is 8.78 Å². The second-order valence-corrected chi connectivity index (χ2v) is 10.6. The van der Waals surface area contributed by atoms with Crippen LogP contribution < -0.4 is 10.4 Å². The van der Waals surface area contributed by atoms with E-state index in [1.807, 2.05) is 6.92 Å². The number of nitrogens with one attached hydrogen (secondary N) is 1. The Morgan fingerprint density at radius 2 is 1.92 bits per heavy atom. The van der Waals surface area contributed by atoms with Crippen LogP contribution in [0.25, 0.3) is 22.8 Å². The maximum absolute atomic E-state index is 13.9. The normalized spacial score (nSPS) is 15.7. The van der Waals surface area contributed by atoms with E-state index in [0.717, 1.165) is 24.8 Å². The van der Waals surface area contributed by atoms with Crippen molar-refractivity contribution in [2.75, 3.05) is 0 Å². The number of ether oxygens (including phenoxy) is 1. The summed E-state index contributed by atoms with van der Waals surface area (Å²) in [6.07, 6.45) is 3.75. The topological polar surface area (TPSA) is 97.8 Å². The number of aromatic amines is 1. The van der Waals surface area contributed by atoms with Crippen molar-refractivity contribution in [3.05, 3.63) is 57.6 Å². The minimum absolute atomic E-state index is 0.00786. The first kappa shape index (κ1) is 28.8. The van der Waals surface area contributed by atoms with E-state index in [4.69, 9.17) is 16.3 Å². The summed E-state index contributed by atoms with van der Waals surface area (Å²) in [7, 11) is 0. The van der Waals surface area contributed by atoms with Crippen molar-refractivity contribution in [1.29, 1.82) is 0 Å². The van der Waals surface area contributed by atoms with Gasteiger partial charge in [0.25, 0.3) is 6.43 Å².